The Morgan fingerprint density at radius 1 is 1.53 bits per heavy atom. The molecule has 2 rings (SSSR count). The number of furan rings is 1. The maximum atomic E-state index is 11.8. The molecule has 0 saturated carbocycles. The van der Waals surface area contributed by atoms with Crippen molar-refractivity contribution in [3.05, 3.63) is 28.0 Å². The minimum atomic E-state index is -0.638. The Bertz CT molecular complexity index is 515. The number of alkyl halides is 1. The van der Waals surface area contributed by atoms with Gasteiger partial charge in [-0.2, -0.15) is 5.10 Å². The first-order valence-electron chi connectivity index (χ1n) is 5.52. The highest BCUT2D eigenvalue weighted by atomic mass is 35.5. The number of hydrazone groups is 1. The predicted molar refractivity (Wildman–Crippen MR) is 67.4 cm³/mol. The first-order chi connectivity index (χ1) is 9.11. The number of rotatable bonds is 5. The summed E-state index contributed by atoms with van der Waals surface area (Å²) < 4.78 is 4.89. The molecule has 19 heavy (non-hydrogen) atoms. The van der Waals surface area contributed by atoms with E-state index in [1.54, 1.807) is 4.90 Å². The zero-order valence-corrected chi connectivity index (χ0v) is 10.6. The van der Waals surface area contributed by atoms with E-state index in [4.69, 9.17) is 16.0 Å². The van der Waals surface area contributed by atoms with Crippen LogP contribution in [0.2, 0.25) is 0 Å². The van der Waals surface area contributed by atoms with Crippen LogP contribution >= 0.6 is 11.6 Å². The zero-order valence-electron chi connectivity index (χ0n) is 9.86. The fraction of sp³-hybridized carbons (Fsp3) is 0.400. The molecule has 0 aromatic carbocycles. The van der Waals surface area contributed by atoms with Gasteiger partial charge in [0, 0.05) is 19.0 Å². The lowest BCUT2D eigenvalue weighted by Gasteiger charge is -2.13. The Balaban J connectivity index is 1.99. The number of hydrogen-bond donors (Lipinski definition) is 0. The van der Waals surface area contributed by atoms with Crippen molar-refractivity contribution in [2.24, 2.45) is 5.10 Å². The molecule has 0 N–H and O–H groups in total. The summed E-state index contributed by atoms with van der Waals surface area (Å²) in [4.78, 5) is 23.1. The molecule has 0 aliphatic carbocycles. The van der Waals surface area contributed by atoms with Gasteiger partial charge in [0.25, 0.3) is 0 Å². The molecular weight excluding hydrogens is 276 g/mol. The standard InChI is InChI=1S/C10H11ClN4O4/c11-3-4-13-5-6-14(10(13)16)12-7-8-1-2-9(19-8)15(17)18/h1-2,7H,3-6H2/b12-7+. The Morgan fingerprint density at radius 2 is 2.32 bits per heavy atom. The van der Waals surface area contributed by atoms with Gasteiger partial charge in [0.15, 0.2) is 5.76 Å². The van der Waals surface area contributed by atoms with E-state index in [2.05, 4.69) is 5.10 Å². The molecule has 0 bridgehead atoms. The van der Waals surface area contributed by atoms with Crippen molar-refractivity contribution in [1.29, 1.82) is 0 Å². The van der Waals surface area contributed by atoms with Gasteiger partial charge in [0.2, 0.25) is 0 Å². The van der Waals surface area contributed by atoms with Gasteiger partial charge < -0.3 is 9.32 Å². The summed E-state index contributed by atoms with van der Waals surface area (Å²) in [6.45, 7) is 1.48. The van der Waals surface area contributed by atoms with Crippen molar-refractivity contribution in [3.63, 3.8) is 0 Å². The highest BCUT2D eigenvalue weighted by Crippen LogP contribution is 2.15. The smallest absolute Gasteiger partial charge is 0.400 e. The molecular formula is C10H11ClN4O4. The number of halogens is 1. The van der Waals surface area contributed by atoms with Crippen molar-refractivity contribution in [2.75, 3.05) is 25.5 Å². The quantitative estimate of drug-likeness (QED) is 0.355. The maximum Gasteiger partial charge on any atom is 0.433 e. The van der Waals surface area contributed by atoms with Gasteiger partial charge in [-0.05, 0) is 6.07 Å². The molecule has 0 spiro atoms. The van der Waals surface area contributed by atoms with E-state index in [-0.39, 0.29) is 17.7 Å². The van der Waals surface area contributed by atoms with Gasteiger partial charge >= 0.3 is 11.9 Å². The van der Waals surface area contributed by atoms with Gasteiger partial charge in [0.05, 0.1) is 18.8 Å². The summed E-state index contributed by atoms with van der Waals surface area (Å²) in [5.41, 5.74) is 0. The number of hydrogen-bond acceptors (Lipinski definition) is 5. The number of urea groups is 1. The van der Waals surface area contributed by atoms with Crippen LogP contribution in [0.15, 0.2) is 21.7 Å². The lowest BCUT2D eigenvalue weighted by molar-refractivity contribution is -0.402. The highest BCUT2D eigenvalue weighted by Gasteiger charge is 2.27. The zero-order chi connectivity index (χ0) is 13.8. The Labute approximate surface area is 113 Å². The number of carbonyl (C=O) groups is 1. The first-order valence-corrected chi connectivity index (χ1v) is 6.06. The van der Waals surface area contributed by atoms with Crippen LogP contribution in [0.3, 0.4) is 0 Å². The van der Waals surface area contributed by atoms with E-state index < -0.39 is 4.92 Å². The fourth-order valence-corrected chi connectivity index (χ4v) is 1.83. The number of amides is 2. The van der Waals surface area contributed by atoms with E-state index in [1.165, 1.54) is 23.4 Å². The van der Waals surface area contributed by atoms with Crippen LogP contribution in [-0.4, -0.2) is 52.6 Å². The number of carbonyl (C=O) groups excluding carboxylic acids is 1. The molecule has 1 aromatic rings. The Kier molecular flexibility index (Phi) is 4.00. The van der Waals surface area contributed by atoms with Crippen LogP contribution in [0.4, 0.5) is 10.7 Å². The van der Waals surface area contributed by atoms with Crippen molar-refractivity contribution in [2.45, 2.75) is 0 Å². The third-order valence-corrected chi connectivity index (χ3v) is 2.71. The lowest BCUT2D eigenvalue weighted by atomic mass is 10.5. The molecule has 1 aliphatic heterocycles. The monoisotopic (exact) mass is 286 g/mol. The maximum absolute atomic E-state index is 11.8. The van der Waals surface area contributed by atoms with Gasteiger partial charge in [-0.3, -0.25) is 10.1 Å². The summed E-state index contributed by atoms with van der Waals surface area (Å²) >= 11 is 5.57. The van der Waals surface area contributed by atoms with Crippen molar-refractivity contribution in [3.8, 4) is 0 Å². The summed E-state index contributed by atoms with van der Waals surface area (Å²) in [5, 5.41) is 15.6. The third kappa shape index (κ3) is 3.02. The average Bonchev–Trinajstić information content (AvgIpc) is 2.97. The van der Waals surface area contributed by atoms with Gasteiger partial charge in [-0.15, -0.1) is 11.6 Å². The second-order valence-electron chi connectivity index (χ2n) is 3.76. The average molecular weight is 287 g/mol. The predicted octanol–water partition coefficient (Wildman–Crippen LogP) is 1.50. The molecule has 102 valence electrons. The van der Waals surface area contributed by atoms with Crippen LogP contribution < -0.4 is 0 Å². The molecule has 1 fully saturated rings. The van der Waals surface area contributed by atoms with Crippen molar-refractivity contribution >= 4 is 29.7 Å². The van der Waals surface area contributed by atoms with Gasteiger partial charge in [-0.1, -0.05) is 0 Å². The molecule has 1 aromatic heterocycles. The topological polar surface area (TPSA) is 92.2 Å². The minimum Gasteiger partial charge on any atom is -0.400 e. The molecule has 0 unspecified atom stereocenters. The van der Waals surface area contributed by atoms with Gasteiger partial charge in [-0.25, -0.2) is 9.80 Å². The fourth-order valence-electron chi connectivity index (χ4n) is 1.62. The Morgan fingerprint density at radius 3 is 2.95 bits per heavy atom. The van der Waals surface area contributed by atoms with Crippen LogP contribution in [0.1, 0.15) is 5.76 Å². The summed E-state index contributed by atoms with van der Waals surface area (Å²) in [6, 6.07) is 2.41. The van der Waals surface area contributed by atoms with E-state index in [9.17, 15) is 14.9 Å². The van der Waals surface area contributed by atoms with Crippen LogP contribution in [0.5, 0.6) is 0 Å². The molecule has 1 saturated heterocycles. The molecule has 1 aliphatic rings. The summed E-state index contributed by atoms with van der Waals surface area (Å²) in [7, 11) is 0. The van der Waals surface area contributed by atoms with E-state index in [0.717, 1.165) is 0 Å². The van der Waals surface area contributed by atoms with E-state index >= 15 is 0 Å². The molecule has 2 heterocycles. The molecule has 0 radical (unpaired) electrons. The van der Waals surface area contributed by atoms with Crippen LogP contribution in [-0.2, 0) is 0 Å². The second kappa shape index (κ2) is 5.70. The summed E-state index contributed by atoms with van der Waals surface area (Å²) in [5.74, 6) is 0.224. The lowest BCUT2D eigenvalue weighted by Crippen LogP contribution is -2.30. The second-order valence-corrected chi connectivity index (χ2v) is 4.14. The molecule has 8 nitrogen and oxygen atoms in total. The van der Waals surface area contributed by atoms with Crippen molar-refractivity contribution in [1.82, 2.24) is 9.91 Å². The SMILES string of the molecule is O=C1N(CCCl)CCN1/N=C/c1ccc([N+](=O)[O-])o1. The highest BCUT2D eigenvalue weighted by molar-refractivity contribution is 6.18. The van der Waals surface area contributed by atoms with Crippen LogP contribution in [0, 0.1) is 10.1 Å². The van der Waals surface area contributed by atoms with Crippen LogP contribution in [0.25, 0.3) is 0 Å². The van der Waals surface area contributed by atoms with E-state index in [0.29, 0.717) is 25.5 Å². The third-order valence-electron chi connectivity index (χ3n) is 2.54. The largest absolute Gasteiger partial charge is 0.433 e. The minimum absolute atomic E-state index is 0.218. The molecule has 9 heteroatoms. The normalized spacial score (nSPS) is 15.7. The van der Waals surface area contributed by atoms with Crippen molar-refractivity contribution < 1.29 is 14.1 Å². The Hall–Kier alpha value is -2.09. The first kappa shape index (κ1) is 13.3. The van der Waals surface area contributed by atoms with Gasteiger partial charge in [0.1, 0.15) is 4.92 Å². The molecule has 0 atom stereocenters. The van der Waals surface area contributed by atoms with E-state index in [1.807, 2.05) is 0 Å². The number of nitro groups is 1. The molecule has 2 amide bonds. The number of nitrogens with zero attached hydrogens (tertiary/aromatic N) is 4. The summed E-state index contributed by atoms with van der Waals surface area (Å²) in [6.07, 6.45) is 1.27.